The quantitative estimate of drug-likeness (QED) is 0.681. The smallest absolute Gasteiger partial charge is 0.312 e. The van der Waals surface area contributed by atoms with Crippen LogP contribution >= 0.6 is 0 Å². The van der Waals surface area contributed by atoms with Crippen LogP contribution in [0.15, 0.2) is 27.8 Å². The number of hydrogen-bond donors (Lipinski definition) is 0. The molecule has 4 rings (SSSR count). The van der Waals surface area contributed by atoms with Crippen molar-refractivity contribution in [3.63, 3.8) is 0 Å². The highest BCUT2D eigenvalue weighted by molar-refractivity contribution is 5.77. The van der Waals surface area contributed by atoms with Crippen molar-refractivity contribution in [1.82, 2.24) is 18.7 Å². The lowest BCUT2D eigenvalue weighted by Gasteiger charge is -2.33. The van der Waals surface area contributed by atoms with Gasteiger partial charge in [0.2, 0.25) is 5.95 Å². The van der Waals surface area contributed by atoms with Gasteiger partial charge in [0.05, 0.1) is 0 Å². The second-order valence-corrected chi connectivity index (χ2v) is 8.33. The molecule has 0 saturated carbocycles. The van der Waals surface area contributed by atoms with E-state index in [4.69, 9.17) is 4.98 Å². The van der Waals surface area contributed by atoms with Crippen LogP contribution in [0.4, 0.5) is 11.6 Å². The van der Waals surface area contributed by atoms with E-state index in [0.29, 0.717) is 30.2 Å². The number of benzene rings is 1. The third-order valence-corrected chi connectivity index (χ3v) is 5.98. The lowest BCUT2D eigenvalue weighted by Crippen LogP contribution is -2.40. The second-order valence-electron chi connectivity index (χ2n) is 8.33. The third-order valence-electron chi connectivity index (χ3n) is 5.98. The molecule has 0 N–H and O–H groups in total. The van der Waals surface area contributed by atoms with Crippen LogP contribution < -0.4 is 16.1 Å². The number of hydrogen-bond acceptors (Lipinski definition) is 4. The van der Waals surface area contributed by atoms with Gasteiger partial charge in [-0.25, -0.2) is 4.79 Å². The van der Waals surface area contributed by atoms with Gasteiger partial charge in [0.15, 0.2) is 11.2 Å². The zero-order valence-electron chi connectivity index (χ0n) is 17.9. The average Bonchev–Trinajstić information content (AvgIpc) is 3.07. The summed E-state index contributed by atoms with van der Waals surface area (Å²) in [6.07, 6.45) is 1.72. The van der Waals surface area contributed by atoms with Gasteiger partial charge in [0.1, 0.15) is 0 Å². The van der Waals surface area contributed by atoms with Gasteiger partial charge < -0.3 is 9.47 Å². The molecule has 3 aromatic rings. The molecular formula is C22H29N5O2. The van der Waals surface area contributed by atoms with Gasteiger partial charge in [-0.15, -0.1) is 0 Å². The predicted octanol–water partition coefficient (Wildman–Crippen LogP) is 3.10. The normalized spacial score (nSPS) is 16.4. The minimum absolute atomic E-state index is 0.232. The van der Waals surface area contributed by atoms with Crippen LogP contribution in [-0.4, -0.2) is 25.2 Å². The monoisotopic (exact) mass is 395 g/mol. The van der Waals surface area contributed by atoms with Gasteiger partial charge in [0.25, 0.3) is 5.56 Å². The Bertz CT molecular complexity index is 1200. The molecular weight excluding hydrogens is 366 g/mol. The molecule has 1 aliphatic rings. The van der Waals surface area contributed by atoms with E-state index in [9.17, 15) is 9.59 Å². The molecule has 0 aliphatic carbocycles. The summed E-state index contributed by atoms with van der Waals surface area (Å²) in [5, 5.41) is 0. The summed E-state index contributed by atoms with van der Waals surface area (Å²) >= 11 is 0. The Hall–Kier alpha value is -2.83. The van der Waals surface area contributed by atoms with Crippen LogP contribution in [0.2, 0.25) is 0 Å². The molecule has 0 amide bonds. The maximum Gasteiger partial charge on any atom is 0.332 e. The van der Waals surface area contributed by atoms with Crippen LogP contribution in [0, 0.1) is 19.8 Å². The molecule has 1 atom stereocenters. The van der Waals surface area contributed by atoms with E-state index < -0.39 is 0 Å². The molecule has 0 radical (unpaired) electrons. The Kier molecular flexibility index (Phi) is 4.84. The predicted molar refractivity (Wildman–Crippen MR) is 116 cm³/mol. The second kappa shape index (κ2) is 7.21. The van der Waals surface area contributed by atoms with Gasteiger partial charge in [-0.05, 0) is 49.4 Å². The largest absolute Gasteiger partial charge is 0.332 e. The number of unbranched alkanes of at least 4 members (excludes halogenated alkanes) is 1. The minimum atomic E-state index is -0.294. The Morgan fingerprint density at radius 2 is 1.90 bits per heavy atom. The first kappa shape index (κ1) is 19.5. The van der Waals surface area contributed by atoms with E-state index in [1.54, 1.807) is 7.05 Å². The lowest BCUT2D eigenvalue weighted by atomic mass is 10.1. The summed E-state index contributed by atoms with van der Waals surface area (Å²) in [5.41, 5.74) is 3.99. The van der Waals surface area contributed by atoms with Crippen molar-refractivity contribution in [3.8, 4) is 0 Å². The van der Waals surface area contributed by atoms with Gasteiger partial charge >= 0.3 is 5.69 Å². The van der Waals surface area contributed by atoms with Gasteiger partial charge in [-0.2, -0.15) is 4.98 Å². The Labute approximate surface area is 170 Å². The fraction of sp³-hybridized carbons (Fsp3) is 0.500. The molecule has 29 heavy (non-hydrogen) atoms. The Balaban J connectivity index is 1.97. The van der Waals surface area contributed by atoms with Gasteiger partial charge in [0, 0.05) is 32.4 Å². The molecule has 1 unspecified atom stereocenters. The van der Waals surface area contributed by atoms with Crippen molar-refractivity contribution in [1.29, 1.82) is 0 Å². The van der Waals surface area contributed by atoms with E-state index in [-0.39, 0.29) is 11.2 Å². The first-order valence-corrected chi connectivity index (χ1v) is 10.4. The van der Waals surface area contributed by atoms with Crippen LogP contribution in [-0.2, 0) is 20.1 Å². The van der Waals surface area contributed by atoms with Crippen LogP contribution in [0.3, 0.4) is 0 Å². The molecule has 0 bridgehead atoms. The van der Waals surface area contributed by atoms with Gasteiger partial charge in [-0.3, -0.25) is 13.9 Å². The van der Waals surface area contributed by atoms with E-state index in [1.165, 1.54) is 20.3 Å². The van der Waals surface area contributed by atoms with Gasteiger partial charge in [-0.1, -0.05) is 26.3 Å². The maximum atomic E-state index is 13.3. The van der Waals surface area contributed by atoms with Crippen molar-refractivity contribution in [2.45, 2.75) is 53.6 Å². The van der Waals surface area contributed by atoms with Crippen molar-refractivity contribution in [2.75, 3.05) is 11.4 Å². The van der Waals surface area contributed by atoms with Crippen molar-refractivity contribution >= 4 is 22.8 Å². The van der Waals surface area contributed by atoms with Crippen molar-refractivity contribution < 1.29 is 0 Å². The first-order valence-electron chi connectivity index (χ1n) is 10.4. The lowest BCUT2D eigenvalue weighted by molar-refractivity contribution is 0.457. The molecule has 7 heteroatoms. The summed E-state index contributed by atoms with van der Waals surface area (Å²) in [4.78, 5) is 33.0. The minimum Gasteiger partial charge on any atom is -0.312 e. The molecule has 0 spiro atoms. The summed E-state index contributed by atoms with van der Waals surface area (Å²) < 4.78 is 4.88. The summed E-state index contributed by atoms with van der Waals surface area (Å²) in [7, 11) is 1.70. The number of rotatable bonds is 4. The van der Waals surface area contributed by atoms with E-state index in [2.05, 4.69) is 50.8 Å². The first-order chi connectivity index (χ1) is 13.8. The summed E-state index contributed by atoms with van der Waals surface area (Å²) in [5.74, 6) is 1.09. The SMILES string of the molecule is CCCCn1c(=O)c2c(nc3n2CC(C)CN3c2ccc(C)c(C)c2)n(C)c1=O. The molecule has 1 aliphatic heterocycles. The fourth-order valence-corrected chi connectivity index (χ4v) is 4.13. The number of anilines is 2. The van der Waals surface area contributed by atoms with Crippen molar-refractivity contribution in [3.05, 3.63) is 50.2 Å². The highest BCUT2D eigenvalue weighted by Crippen LogP contribution is 2.33. The zero-order chi connectivity index (χ0) is 20.9. The van der Waals surface area contributed by atoms with Crippen LogP contribution in [0.25, 0.3) is 11.2 Å². The topological polar surface area (TPSA) is 65.1 Å². The Morgan fingerprint density at radius 3 is 2.59 bits per heavy atom. The van der Waals surface area contributed by atoms with Crippen molar-refractivity contribution in [2.24, 2.45) is 13.0 Å². The highest BCUT2D eigenvalue weighted by Gasteiger charge is 2.29. The number of aryl methyl sites for hydroxylation is 3. The number of fused-ring (bicyclic) bond motifs is 3. The fourth-order valence-electron chi connectivity index (χ4n) is 4.13. The summed E-state index contributed by atoms with van der Waals surface area (Å²) in [6.45, 7) is 10.4. The standard InChI is InChI=1S/C22H29N5O2/c1-6-7-10-25-20(28)18-19(24(5)22(25)29)23-21-26(12-14(2)13-27(18)21)17-9-8-15(3)16(4)11-17/h8-9,11,14H,6-7,10,12-13H2,1-5H3. The van der Waals surface area contributed by atoms with Crippen LogP contribution in [0.5, 0.6) is 0 Å². The molecule has 154 valence electrons. The number of aromatic nitrogens is 4. The van der Waals surface area contributed by atoms with E-state index >= 15 is 0 Å². The molecule has 3 heterocycles. The molecule has 7 nitrogen and oxygen atoms in total. The van der Waals surface area contributed by atoms with E-state index in [1.807, 2.05) is 4.57 Å². The zero-order valence-corrected chi connectivity index (χ0v) is 17.9. The maximum absolute atomic E-state index is 13.3. The number of nitrogens with zero attached hydrogens (tertiary/aromatic N) is 5. The Morgan fingerprint density at radius 1 is 1.14 bits per heavy atom. The average molecular weight is 396 g/mol. The third kappa shape index (κ3) is 3.09. The molecule has 2 aromatic heterocycles. The molecule has 0 fully saturated rings. The molecule has 1 aromatic carbocycles. The van der Waals surface area contributed by atoms with E-state index in [0.717, 1.165) is 31.0 Å². The summed E-state index contributed by atoms with van der Waals surface area (Å²) in [6, 6.07) is 6.38. The van der Waals surface area contributed by atoms with Crippen LogP contribution in [0.1, 0.15) is 37.8 Å². The highest BCUT2D eigenvalue weighted by atomic mass is 16.2. The molecule has 0 saturated heterocycles. The number of imidazole rings is 1.